The molecule has 12 heavy (non-hydrogen) atoms. The maximum absolute atomic E-state index is 11.3. The zero-order valence-electron chi connectivity index (χ0n) is 7.38. The van der Waals surface area contributed by atoms with E-state index in [1.54, 1.807) is 20.9 Å². The van der Waals surface area contributed by atoms with Gasteiger partial charge in [-0.1, -0.05) is 0 Å². The molecule has 1 aromatic heterocycles. The molecule has 0 aliphatic rings. The van der Waals surface area contributed by atoms with Crippen molar-refractivity contribution in [3.63, 3.8) is 0 Å². The number of aryl methyl sites for hydroxylation is 2. The van der Waals surface area contributed by atoms with Gasteiger partial charge in [0.25, 0.3) is 5.91 Å². The second kappa shape index (κ2) is 3.30. The molecule has 0 bridgehead atoms. The van der Waals surface area contributed by atoms with E-state index in [0.717, 1.165) is 0 Å². The molecule has 1 N–H and O–H groups in total. The summed E-state index contributed by atoms with van der Waals surface area (Å²) in [6.45, 7) is 3.58. The molecule has 0 fully saturated rings. The fourth-order valence-electron chi connectivity index (χ4n) is 1.05. The van der Waals surface area contributed by atoms with Gasteiger partial charge < -0.3 is 5.32 Å². The third-order valence-corrected chi connectivity index (χ3v) is 1.68. The van der Waals surface area contributed by atoms with Gasteiger partial charge in [-0.15, -0.1) is 0 Å². The van der Waals surface area contributed by atoms with Gasteiger partial charge in [-0.3, -0.25) is 4.79 Å². The molecule has 1 aromatic rings. The van der Waals surface area contributed by atoms with Crippen LogP contribution in [0.3, 0.4) is 0 Å². The lowest BCUT2D eigenvalue weighted by Gasteiger charge is -2.04. The van der Waals surface area contributed by atoms with Crippen LogP contribution < -0.4 is 5.32 Å². The van der Waals surface area contributed by atoms with Crippen molar-refractivity contribution in [2.75, 3.05) is 7.05 Å². The first kappa shape index (κ1) is 8.64. The van der Waals surface area contributed by atoms with Crippen LogP contribution in [0.15, 0.2) is 6.33 Å². The number of hydrogen-bond acceptors (Lipinski definition) is 3. The van der Waals surface area contributed by atoms with Gasteiger partial charge in [0, 0.05) is 7.05 Å². The van der Waals surface area contributed by atoms with E-state index in [0.29, 0.717) is 17.0 Å². The average molecular weight is 165 g/mol. The molecule has 0 atom stereocenters. The molecular formula is C8H11N3O. The Hall–Kier alpha value is -1.45. The smallest absolute Gasteiger partial charge is 0.254 e. The van der Waals surface area contributed by atoms with E-state index >= 15 is 0 Å². The fraction of sp³-hybridized carbons (Fsp3) is 0.375. The lowest BCUT2D eigenvalue weighted by molar-refractivity contribution is 0.0961. The number of aromatic nitrogens is 2. The Kier molecular flexibility index (Phi) is 2.38. The summed E-state index contributed by atoms with van der Waals surface area (Å²) in [7, 11) is 1.59. The lowest BCUT2D eigenvalue weighted by Crippen LogP contribution is -2.21. The number of carbonyl (C=O) groups is 1. The first-order valence-corrected chi connectivity index (χ1v) is 3.67. The maximum Gasteiger partial charge on any atom is 0.254 e. The second-order valence-electron chi connectivity index (χ2n) is 2.50. The van der Waals surface area contributed by atoms with Gasteiger partial charge in [-0.2, -0.15) is 0 Å². The predicted molar refractivity (Wildman–Crippen MR) is 44.9 cm³/mol. The van der Waals surface area contributed by atoms with Crippen molar-refractivity contribution >= 4 is 5.91 Å². The minimum atomic E-state index is -0.134. The Morgan fingerprint density at radius 2 is 1.83 bits per heavy atom. The highest BCUT2D eigenvalue weighted by Gasteiger charge is 2.11. The summed E-state index contributed by atoms with van der Waals surface area (Å²) in [6.07, 6.45) is 1.46. The molecule has 1 heterocycles. The van der Waals surface area contributed by atoms with Gasteiger partial charge in [0.2, 0.25) is 0 Å². The number of rotatable bonds is 1. The number of nitrogens with zero attached hydrogens (tertiary/aromatic N) is 2. The number of hydrogen-bond donors (Lipinski definition) is 1. The second-order valence-corrected chi connectivity index (χ2v) is 2.50. The zero-order valence-corrected chi connectivity index (χ0v) is 7.38. The Balaban J connectivity index is 3.21. The molecule has 0 spiro atoms. The molecular weight excluding hydrogens is 154 g/mol. The highest BCUT2D eigenvalue weighted by Crippen LogP contribution is 2.06. The summed E-state index contributed by atoms with van der Waals surface area (Å²) in [4.78, 5) is 19.1. The quantitative estimate of drug-likeness (QED) is 0.657. The largest absolute Gasteiger partial charge is 0.355 e. The van der Waals surface area contributed by atoms with Crippen molar-refractivity contribution in [1.82, 2.24) is 15.3 Å². The normalized spacial score (nSPS) is 9.58. The van der Waals surface area contributed by atoms with Crippen LogP contribution in [-0.2, 0) is 0 Å². The summed E-state index contributed by atoms with van der Waals surface area (Å²) in [6, 6.07) is 0. The van der Waals surface area contributed by atoms with Crippen LogP contribution in [0, 0.1) is 13.8 Å². The van der Waals surface area contributed by atoms with Crippen LogP contribution in [0.2, 0.25) is 0 Å². The average Bonchev–Trinajstić information content (AvgIpc) is 2.03. The minimum Gasteiger partial charge on any atom is -0.355 e. The van der Waals surface area contributed by atoms with Crippen LogP contribution in [0.4, 0.5) is 0 Å². The monoisotopic (exact) mass is 165 g/mol. The third kappa shape index (κ3) is 1.42. The molecule has 64 valence electrons. The van der Waals surface area contributed by atoms with Gasteiger partial charge in [-0.05, 0) is 13.8 Å². The molecule has 1 amide bonds. The molecule has 0 aromatic carbocycles. The number of carbonyl (C=O) groups excluding carboxylic acids is 1. The highest BCUT2D eigenvalue weighted by molar-refractivity contribution is 5.95. The Morgan fingerprint density at radius 1 is 1.33 bits per heavy atom. The summed E-state index contributed by atoms with van der Waals surface area (Å²) >= 11 is 0. The van der Waals surface area contributed by atoms with Crippen LogP contribution >= 0.6 is 0 Å². The molecule has 4 nitrogen and oxygen atoms in total. The third-order valence-electron chi connectivity index (χ3n) is 1.68. The molecule has 0 aliphatic heterocycles. The van der Waals surface area contributed by atoms with Crippen LogP contribution in [0.1, 0.15) is 21.7 Å². The van der Waals surface area contributed by atoms with E-state index in [9.17, 15) is 4.79 Å². The predicted octanol–water partition coefficient (Wildman–Crippen LogP) is 0.453. The van der Waals surface area contributed by atoms with Crippen LogP contribution in [0.25, 0.3) is 0 Å². The first-order chi connectivity index (χ1) is 5.66. The van der Waals surface area contributed by atoms with E-state index < -0.39 is 0 Å². The standard InChI is InChI=1S/C8H11N3O/c1-5-7(8(12)9-3)6(2)11-4-10-5/h4H,1-3H3,(H,9,12). The first-order valence-electron chi connectivity index (χ1n) is 3.67. The van der Waals surface area contributed by atoms with E-state index in [1.807, 2.05) is 0 Å². The highest BCUT2D eigenvalue weighted by atomic mass is 16.1. The molecule has 4 heteroatoms. The van der Waals surface area contributed by atoms with Gasteiger partial charge in [0.05, 0.1) is 17.0 Å². The maximum atomic E-state index is 11.3. The lowest BCUT2D eigenvalue weighted by atomic mass is 10.1. The summed E-state index contributed by atoms with van der Waals surface area (Å²) in [5, 5.41) is 2.54. The molecule has 0 saturated carbocycles. The van der Waals surface area contributed by atoms with Crippen molar-refractivity contribution in [3.8, 4) is 0 Å². The van der Waals surface area contributed by atoms with Crippen molar-refractivity contribution < 1.29 is 4.79 Å². The Morgan fingerprint density at radius 3 is 2.25 bits per heavy atom. The van der Waals surface area contributed by atoms with Crippen molar-refractivity contribution in [2.24, 2.45) is 0 Å². The minimum absolute atomic E-state index is 0.134. The van der Waals surface area contributed by atoms with Gasteiger partial charge in [0.15, 0.2) is 0 Å². The Bertz CT molecular complexity index is 289. The Labute approximate surface area is 71.0 Å². The van der Waals surface area contributed by atoms with E-state index in [4.69, 9.17) is 0 Å². The molecule has 0 saturated heterocycles. The van der Waals surface area contributed by atoms with E-state index in [2.05, 4.69) is 15.3 Å². The number of nitrogens with one attached hydrogen (secondary N) is 1. The fourth-order valence-corrected chi connectivity index (χ4v) is 1.05. The van der Waals surface area contributed by atoms with Crippen molar-refractivity contribution in [2.45, 2.75) is 13.8 Å². The topological polar surface area (TPSA) is 54.9 Å². The molecule has 0 aliphatic carbocycles. The molecule has 0 radical (unpaired) electrons. The summed E-state index contributed by atoms with van der Waals surface area (Å²) in [5.41, 5.74) is 1.99. The van der Waals surface area contributed by atoms with Crippen LogP contribution in [-0.4, -0.2) is 22.9 Å². The van der Waals surface area contributed by atoms with Crippen molar-refractivity contribution in [1.29, 1.82) is 0 Å². The van der Waals surface area contributed by atoms with Gasteiger partial charge in [-0.25, -0.2) is 9.97 Å². The van der Waals surface area contributed by atoms with Crippen molar-refractivity contribution in [3.05, 3.63) is 23.3 Å². The SMILES string of the molecule is CNC(=O)c1c(C)ncnc1C. The van der Waals surface area contributed by atoms with Gasteiger partial charge >= 0.3 is 0 Å². The van der Waals surface area contributed by atoms with E-state index in [-0.39, 0.29) is 5.91 Å². The molecule has 0 unspecified atom stereocenters. The summed E-state index contributed by atoms with van der Waals surface area (Å²) in [5.74, 6) is -0.134. The van der Waals surface area contributed by atoms with Gasteiger partial charge in [0.1, 0.15) is 6.33 Å². The van der Waals surface area contributed by atoms with Crippen LogP contribution in [0.5, 0.6) is 0 Å². The summed E-state index contributed by atoms with van der Waals surface area (Å²) < 4.78 is 0. The van der Waals surface area contributed by atoms with E-state index in [1.165, 1.54) is 6.33 Å². The molecule has 1 rings (SSSR count). The zero-order chi connectivity index (χ0) is 9.14. The number of amides is 1.